The summed E-state index contributed by atoms with van der Waals surface area (Å²) < 4.78 is 5.27. The maximum absolute atomic E-state index is 10.9. The molecule has 3 nitrogen and oxygen atoms in total. The molecule has 0 radical (unpaired) electrons. The van der Waals surface area contributed by atoms with E-state index in [0.29, 0.717) is 19.9 Å². The van der Waals surface area contributed by atoms with Gasteiger partial charge in [0.1, 0.15) is 5.78 Å². The standard InChI is InChI=1S/C10H21NO2/c1-4-6-7-11(8-10(3)12)9-13-5-2/h4-9H2,1-3H3. The van der Waals surface area contributed by atoms with E-state index in [-0.39, 0.29) is 5.78 Å². The van der Waals surface area contributed by atoms with Gasteiger partial charge in [-0.3, -0.25) is 9.69 Å². The Balaban J connectivity index is 3.66. The van der Waals surface area contributed by atoms with Crippen molar-refractivity contribution in [3.63, 3.8) is 0 Å². The fourth-order valence-corrected chi connectivity index (χ4v) is 1.11. The second kappa shape index (κ2) is 8.20. The number of rotatable bonds is 8. The highest BCUT2D eigenvalue weighted by molar-refractivity contribution is 5.77. The maximum atomic E-state index is 10.9. The van der Waals surface area contributed by atoms with Crippen molar-refractivity contribution in [2.24, 2.45) is 0 Å². The van der Waals surface area contributed by atoms with Crippen LogP contribution in [0.4, 0.5) is 0 Å². The number of ether oxygens (including phenoxy) is 1. The third-order valence-electron chi connectivity index (χ3n) is 1.75. The summed E-state index contributed by atoms with van der Waals surface area (Å²) in [4.78, 5) is 12.9. The Bertz CT molecular complexity index is 129. The van der Waals surface area contributed by atoms with Crippen LogP contribution in [0.3, 0.4) is 0 Å². The molecule has 0 amide bonds. The van der Waals surface area contributed by atoms with Gasteiger partial charge in [-0.1, -0.05) is 13.3 Å². The van der Waals surface area contributed by atoms with Crippen LogP contribution in [0.5, 0.6) is 0 Å². The Kier molecular flexibility index (Phi) is 7.94. The second-order valence-corrected chi connectivity index (χ2v) is 3.23. The van der Waals surface area contributed by atoms with Crippen molar-refractivity contribution in [3.05, 3.63) is 0 Å². The normalized spacial score (nSPS) is 10.8. The highest BCUT2D eigenvalue weighted by Gasteiger charge is 2.05. The van der Waals surface area contributed by atoms with Crippen LogP contribution in [0.15, 0.2) is 0 Å². The Labute approximate surface area is 81.1 Å². The molecule has 0 aromatic rings. The van der Waals surface area contributed by atoms with E-state index < -0.39 is 0 Å². The molecule has 0 aliphatic carbocycles. The van der Waals surface area contributed by atoms with Gasteiger partial charge >= 0.3 is 0 Å². The monoisotopic (exact) mass is 187 g/mol. The summed E-state index contributed by atoms with van der Waals surface area (Å²) >= 11 is 0. The zero-order chi connectivity index (χ0) is 10.1. The van der Waals surface area contributed by atoms with E-state index in [1.165, 1.54) is 0 Å². The molecule has 0 saturated heterocycles. The van der Waals surface area contributed by atoms with Crippen LogP contribution in [0.1, 0.15) is 33.6 Å². The van der Waals surface area contributed by atoms with Crippen molar-refractivity contribution in [1.82, 2.24) is 4.90 Å². The van der Waals surface area contributed by atoms with Gasteiger partial charge in [-0.15, -0.1) is 0 Å². The van der Waals surface area contributed by atoms with Crippen LogP contribution < -0.4 is 0 Å². The van der Waals surface area contributed by atoms with Crippen LogP contribution in [-0.4, -0.2) is 37.1 Å². The Morgan fingerprint density at radius 3 is 2.54 bits per heavy atom. The first kappa shape index (κ1) is 12.6. The van der Waals surface area contributed by atoms with Crippen molar-refractivity contribution < 1.29 is 9.53 Å². The van der Waals surface area contributed by atoms with Crippen molar-refractivity contribution in [2.45, 2.75) is 33.6 Å². The quantitative estimate of drug-likeness (QED) is 0.541. The van der Waals surface area contributed by atoms with Gasteiger partial charge in [0, 0.05) is 13.2 Å². The van der Waals surface area contributed by atoms with E-state index in [9.17, 15) is 4.79 Å². The number of carbonyl (C=O) groups is 1. The van der Waals surface area contributed by atoms with Crippen molar-refractivity contribution >= 4 is 5.78 Å². The van der Waals surface area contributed by atoms with Gasteiger partial charge < -0.3 is 4.74 Å². The molecule has 0 spiro atoms. The number of hydrogen-bond donors (Lipinski definition) is 0. The lowest BCUT2D eigenvalue weighted by atomic mass is 10.3. The van der Waals surface area contributed by atoms with Gasteiger partial charge in [0.15, 0.2) is 0 Å². The first-order chi connectivity index (χ1) is 6.20. The van der Waals surface area contributed by atoms with Gasteiger partial charge in [-0.05, 0) is 20.3 Å². The number of hydrogen-bond acceptors (Lipinski definition) is 3. The summed E-state index contributed by atoms with van der Waals surface area (Å²) in [5.41, 5.74) is 0. The highest BCUT2D eigenvalue weighted by Crippen LogP contribution is 1.95. The van der Waals surface area contributed by atoms with Crippen LogP contribution in [0.25, 0.3) is 0 Å². The second-order valence-electron chi connectivity index (χ2n) is 3.23. The summed E-state index contributed by atoms with van der Waals surface area (Å²) in [6.07, 6.45) is 2.28. The molecule has 3 heteroatoms. The molecule has 0 aromatic carbocycles. The minimum Gasteiger partial charge on any atom is -0.366 e. The van der Waals surface area contributed by atoms with E-state index in [1.54, 1.807) is 6.92 Å². The maximum Gasteiger partial charge on any atom is 0.143 e. The number of carbonyl (C=O) groups excluding carboxylic acids is 1. The van der Waals surface area contributed by atoms with Crippen LogP contribution in [-0.2, 0) is 9.53 Å². The van der Waals surface area contributed by atoms with Gasteiger partial charge in [0.05, 0.1) is 13.3 Å². The van der Waals surface area contributed by atoms with E-state index >= 15 is 0 Å². The average molecular weight is 187 g/mol. The summed E-state index contributed by atoms with van der Waals surface area (Å²) in [6, 6.07) is 0. The van der Waals surface area contributed by atoms with Gasteiger partial charge in [0.25, 0.3) is 0 Å². The molecule has 0 fully saturated rings. The van der Waals surface area contributed by atoms with Crippen molar-refractivity contribution in [3.8, 4) is 0 Å². The molecule has 0 N–H and O–H groups in total. The molecular weight excluding hydrogens is 166 g/mol. The largest absolute Gasteiger partial charge is 0.366 e. The molecule has 0 rings (SSSR count). The molecule has 0 unspecified atom stereocenters. The molecule has 0 heterocycles. The van der Waals surface area contributed by atoms with E-state index in [2.05, 4.69) is 11.8 Å². The molecule has 0 atom stereocenters. The summed E-state index contributed by atoms with van der Waals surface area (Å²) in [5.74, 6) is 0.204. The Morgan fingerprint density at radius 2 is 2.08 bits per heavy atom. The van der Waals surface area contributed by atoms with Crippen LogP contribution in [0.2, 0.25) is 0 Å². The smallest absolute Gasteiger partial charge is 0.143 e. The number of unbranched alkanes of at least 4 members (excludes halogenated alkanes) is 1. The van der Waals surface area contributed by atoms with Crippen molar-refractivity contribution in [1.29, 1.82) is 0 Å². The predicted molar refractivity (Wildman–Crippen MR) is 53.7 cm³/mol. The minimum atomic E-state index is 0.204. The molecule has 78 valence electrons. The number of nitrogens with zero attached hydrogens (tertiary/aromatic N) is 1. The number of Topliss-reactive ketones (excluding diaryl/α,β-unsaturated/α-hetero) is 1. The Hall–Kier alpha value is -0.410. The van der Waals surface area contributed by atoms with E-state index in [0.717, 1.165) is 19.4 Å². The first-order valence-corrected chi connectivity index (χ1v) is 5.00. The minimum absolute atomic E-state index is 0.204. The van der Waals surface area contributed by atoms with Gasteiger partial charge in [-0.2, -0.15) is 0 Å². The fourth-order valence-electron chi connectivity index (χ4n) is 1.11. The average Bonchev–Trinajstić information content (AvgIpc) is 2.09. The van der Waals surface area contributed by atoms with Crippen LogP contribution in [0, 0.1) is 0 Å². The first-order valence-electron chi connectivity index (χ1n) is 5.00. The van der Waals surface area contributed by atoms with Crippen LogP contribution >= 0.6 is 0 Å². The molecule has 0 aliphatic heterocycles. The zero-order valence-corrected chi connectivity index (χ0v) is 9.01. The molecule has 0 bridgehead atoms. The highest BCUT2D eigenvalue weighted by atomic mass is 16.5. The summed E-state index contributed by atoms with van der Waals surface area (Å²) in [7, 11) is 0. The third kappa shape index (κ3) is 7.94. The lowest BCUT2D eigenvalue weighted by Gasteiger charge is -2.19. The summed E-state index contributed by atoms with van der Waals surface area (Å²) in [6.45, 7) is 8.48. The molecule has 13 heavy (non-hydrogen) atoms. The van der Waals surface area contributed by atoms with Gasteiger partial charge in [-0.25, -0.2) is 0 Å². The molecule has 0 aliphatic rings. The third-order valence-corrected chi connectivity index (χ3v) is 1.75. The van der Waals surface area contributed by atoms with E-state index in [1.807, 2.05) is 6.92 Å². The van der Waals surface area contributed by atoms with E-state index in [4.69, 9.17) is 4.74 Å². The van der Waals surface area contributed by atoms with Gasteiger partial charge in [0.2, 0.25) is 0 Å². The number of ketones is 1. The fraction of sp³-hybridized carbons (Fsp3) is 0.900. The molecular formula is C10H21NO2. The predicted octanol–water partition coefficient (Wildman–Crippen LogP) is 1.67. The molecule has 0 aromatic heterocycles. The SMILES string of the molecule is CCCCN(COCC)CC(C)=O. The lowest BCUT2D eigenvalue weighted by Crippen LogP contribution is -2.32. The lowest BCUT2D eigenvalue weighted by molar-refractivity contribution is -0.119. The Morgan fingerprint density at radius 1 is 1.38 bits per heavy atom. The molecule has 0 saturated carbocycles. The van der Waals surface area contributed by atoms with Crippen molar-refractivity contribution in [2.75, 3.05) is 26.4 Å². The summed E-state index contributed by atoms with van der Waals surface area (Å²) in [5, 5.41) is 0. The topological polar surface area (TPSA) is 29.5 Å². The zero-order valence-electron chi connectivity index (χ0n) is 9.01.